The van der Waals surface area contributed by atoms with Crippen LogP contribution in [0.15, 0.2) is 30.3 Å². The van der Waals surface area contributed by atoms with Gasteiger partial charge in [-0.3, -0.25) is 0 Å². The van der Waals surface area contributed by atoms with Crippen LogP contribution in [0.4, 0.5) is 0 Å². The van der Waals surface area contributed by atoms with Gasteiger partial charge in [-0.25, -0.2) is 0 Å². The van der Waals surface area contributed by atoms with Gasteiger partial charge in [0, 0.05) is 0 Å². The number of hydrogen-bond donors (Lipinski definition) is 0. The fourth-order valence-electron chi connectivity index (χ4n) is 2.10. The van der Waals surface area contributed by atoms with E-state index in [-0.39, 0.29) is 0 Å². The molecule has 0 amide bonds. The van der Waals surface area contributed by atoms with Crippen LogP contribution in [0, 0.1) is 0 Å². The molecule has 0 N–H and O–H groups in total. The van der Waals surface area contributed by atoms with Gasteiger partial charge in [-0.1, -0.05) is 0 Å². The fourth-order valence-corrected chi connectivity index (χ4v) is 15.8. The molecule has 0 bridgehead atoms. The van der Waals surface area contributed by atoms with Crippen molar-refractivity contribution in [3.05, 3.63) is 30.3 Å². The molecule has 0 aliphatic carbocycles. The third kappa shape index (κ3) is 5.14. The van der Waals surface area contributed by atoms with Crippen LogP contribution < -0.4 is 3.12 Å². The first-order valence-electron chi connectivity index (χ1n) is 6.43. The van der Waals surface area contributed by atoms with Crippen molar-refractivity contribution >= 4 is 25.8 Å². The van der Waals surface area contributed by atoms with Crippen LogP contribution >= 0.6 is 0 Å². The molecule has 0 nitrogen and oxygen atoms in total. The maximum atomic E-state index is 2.39. The molecule has 0 aromatic heterocycles. The summed E-state index contributed by atoms with van der Waals surface area (Å²) < 4.78 is 4.93. The Kier molecular flexibility index (Phi) is 7.32. The molecule has 0 saturated carbocycles. The Bertz CT molecular complexity index is 235. The molecule has 0 aliphatic rings. The molecule has 0 spiro atoms. The zero-order valence-electron chi connectivity index (χ0n) is 10.2. The minimum atomic E-state index is -1.48. The molecule has 1 rings (SSSR count). The molecule has 0 atom stereocenters. The van der Waals surface area contributed by atoms with Crippen molar-refractivity contribution in [1.29, 1.82) is 0 Å². The molecular formula is C14H23Tl. The normalized spacial score (nSPS) is 10.3. The van der Waals surface area contributed by atoms with Gasteiger partial charge in [0.05, 0.1) is 0 Å². The molecule has 0 heterocycles. The predicted octanol–water partition coefficient (Wildman–Crippen LogP) is 3.99. The Morgan fingerprint density at radius 2 is 1.40 bits per heavy atom. The average Bonchev–Trinajstić information content (AvgIpc) is 2.30. The van der Waals surface area contributed by atoms with E-state index in [2.05, 4.69) is 44.2 Å². The summed E-state index contributed by atoms with van der Waals surface area (Å²) in [7, 11) is 0. The molecule has 0 fully saturated rings. The van der Waals surface area contributed by atoms with Crippen molar-refractivity contribution in [3.63, 3.8) is 0 Å². The van der Waals surface area contributed by atoms with Crippen molar-refractivity contribution in [1.82, 2.24) is 0 Å². The van der Waals surface area contributed by atoms with Gasteiger partial charge in [-0.2, -0.15) is 0 Å². The van der Waals surface area contributed by atoms with Crippen LogP contribution in [-0.4, -0.2) is 22.7 Å². The van der Waals surface area contributed by atoms with Crippen LogP contribution in [0.3, 0.4) is 0 Å². The minimum absolute atomic E-state index is 1.37. The van der Waals surface area contributed by atoms with Gasteiger partial charge in [0.25, 0.3) is 0 Å². The van der Waals surface area contributed by atoms with Crippen molar-refractivity contribution in [2.75, 3.05) is 0 Å². The first-order valence-corrected chi connectivity index (χ1v) is 15.0. The molecule has 1 aromatic rings. The maximum absolute atomic E-state index is 2.39. The van der Waals surface area contributed by atoms with E-state index >= 15 is 0 Å². The van der Waals surface area contributed by atoms with Gasteiger partial charge in [-0.15, -0.1) is 0 Å². The molecule has 0 radical (unpaired) electrons. The van der Waals surface area contributed by atoms with E-state index in [1.54, 1.807) is 11.1 Å². The Hall–Kier alpha value is 0.142. The van der Waals surface area contributed by atoms with Gasteiger partial charge in [-0.05, 0) is 0 Å². The second kappa shape index (κ2) is 8.31. The number of benzene rings is 1. The van der Waals surface area contributed by atoms with E-state index in [1.807, 2.05) is 0 Å². The summed E-state index contributed by atoms with van der Waals surface area (Å²) in [4.78, 5) is 0. The zero-order valence-corrected chi connectivity index (χ0v) is 14.7. The first-order chi connectivity index (χ1) is 7.38. The number of unbranched alkanes of at least 4 members (excludes halogenated alkanes) is 2. The van der Waals surface area contributed by atoms with Crippen molar-refractivity contribution < 1.29 is 0 Å². The number of rotatable bonds is 7. The molecular weight excluding hydrogens is 373 g/mol. The van der Waals surface area contributed by atoms with E-state index in [1.165, 1.54) is 25.7 Å². The monoisotopic (exact) mass is 396 g/mol. The van der Waals surface area contributed by atoms with Crippen molar-refractivity contribution in [2.24, 2.45) is 0 Å². The molecule has 15 heavy (non-hydrogen) atoms. The van der Waals surface area contributed by atoms with Crippen LogP contribution in [0.5, 0.6) is 0 Å². The van der Waals surface area contributed by atoms with Gasteiger partial charge in [0.15, 0.2) is 0 Å². The standard InChI is InChI=1S/C6H5.2C4H9.Tl/c1-2-4-6-5-3-1;2*1-3-4-2;/h1-5H;2*1,3-4H2,2H3;. The van der Waals surface area contributed by atoms with Gasteiger partial charge in [0.2, 0.25) is 0 Å². The summed E-state index contributed by atoms with van der Waals surface area (Å²) in [5.41, 5.74) is 0. The summed E-state index contributed by atoms with van der Waals surface area (Å²) in [5, 5.41) is 0. The third-order valence-electron chi connectivity index (χ3n) is 3.08. The summed E-state index contributed by atoms with van der Waals surface area (Å²) in [6, 6.07) is 11.4. The van der Waals surface area contributed by atoms with Gasteiger partial charge >= 0.3 is 104 Å². The molecule has 0 aliphatic heterocycles. The summed E-state index contributed by atoms with van der Waals surface area (Å²) in [5.74, 6) is 0. The Labute approximate surface area is 103 Å². The van der Waals surface area contributed by atoms with E-state index in [0.717, 1.165) is 0 Å². The Balaban J connectivity index is 2.55. The van der Waals surface area contributed by atoms with E-state index in [4.69, 9.17) is 0 Å². The topological polar surface area (TPSA) is 0 Å². The average molecular weight is 396 g/mol. The van der Waals surface area contributed by atoms with Gasteiger partial charge < -0.3 is 0 Å². The molecule has 82 valence electrons. The van der Waals surface area contributed by atoms with E-state index < -0.39 is 22.7 Å². The summed E-state index contributed by atoms with van der Waals surface area (Å²) in [6.07, 6.45) is 5.67. The second-order valence-corrected chi connectivity index (χ2v) is 16.9. The molecule has 0 unspecified atom stereocenters. The second-order valence-electron chi connectivity index (χ2n) is 4.39. The van der Waals surface area contributed by atoms with Crippen molar-refractivity contribution in [2.45, 2.75) is 47.5 Å². The SMILES string of the molecule is CCC[CH2][Tl]([CH2]CCC)[c]1ccccc1. The molecule has 0 saturated heterocycles. The summed E-state index contributed by atoms with van der Waals surface area (Å²) in [6.45, 7) is 4.63. The fraction of sp³-hybridized carbons (Fsp3) is 0.571. The van der Waals surface area contributed by atoms with Crippen LogP contribution in [0.25, 0.3) is 0 Å². The van der Waals surface area contributed by atoms with Crippen LogP contribution in [0.1, 0.15) is 39.5 Å². The predicted molar refractivity (Wildman–Crippen MR) is 71.3 cm³/mol. The van der Waals surface area contributed by atoms with E-state index in [0.29, 0.717) is 0 Å². The quantitative estimate of drug-likeness (QED) is 0.613. The van der Waals surface area contributed by atoms with Crippen molar-refractivity contribution in [3.8, 4) is 0 Å². The van der Waals surface area contributed by atoms with E-state index in [9.17, 15) is 0 Å². The molecule has 1 aromatic carbocycles. The molecule has 1 heteroatoms. The number of hydrogen-bond acceptors (Lipinski definition) is 0. The third-order valence-corrected chi connectivity index (χ3v) is 16.8. The van der Waals surface area contributed by atoms with Crippen LogP contribution in [-0.2, 0) is 0 Å². The summed E-state index contributed by atoms with van der Waals surface area (Å²) >= 11 is -1.48. The zero-order chi connectivity index (χ0) is 10.9. The Morgan fingerprint density at radius 1 is 0.867 bits per heavy atom. The van der Waals surface area contributed by atoms with Crippen LogP contribution in [0.2, 0.25) is 7.96 Å². The van der Waals surface area contributed by atoms with Gasteiger partial charge in [0.1, 0.15) is 0 Å². The first kappa shape index (κ1) is 13.2. The Morgan fingerprint density at radius 3 is 1.87 bits per heavy atom.